The Labute approximate surface area is 265 Å². The molecule has 0 saturated carbocycles. The zero-order chi connectivity index (χ0) is 30.5. The second kappa shape index (κ2) is 10.7. The molecule has 5 nitrogen and oxygen atoms in total. The molecule has 0 aliphatic heterocycles. The van der Waals surface area contributed by atoms with Crippen LogP contribution in [0, 0.1) is 0 Å². The molecule has 0 bridgehead atoms. The van der Waals surface area contributed by atoms with E-state index in [1.54, 1.807) is 0 Å². The van der Waals surface area contributed by atoms with E-state index < -0.39 is 0 Å². The predicted octanol–water partition coefficient (Wildman–Crippen LogP) is 9.91. The molecule has 0 radical (unpaired) electrons. The fraction of sp³-hybridized carbons (Fsp3) is 0. The lowest BCUT2D eigenvalue weighted by Gasteiger charge is -2.13. The van der Waals surface area contributed by atoms with Crippen molar-refractivity contribution in [2.75, 3.05) is 0 Å². The molecule has 0 fully saturated rings. The maximum absolute atomic E-state index is 5.14. The minimum Gasteiger partial charge on any atom is -0.307 e. The van der Waals surface area contributed by atoms with Gasteiger partial charge in [-0.3, -0.25) is 0 Å². The van der Waals surface area contributed by atoms with E-state index in [1.165, 1.54) is 5.39 Å². The Morgan fingerprint density at radius 3 is 1.39 bits per heavy atom. The zero-order valence-electron chi connectivity index (χ0n) is 24.8. The van der Waals surface area contributed by atoms with Crippen molar-refractivity contribution in [1.82, 2.24) is 24.1 Å². The van der Waals surface area contributed by atoms with Crippen molar-refractivity contribution in [3.05, 3.63) is 164 Å². The van der Waals surface area contributed by atoms with Crippen molar-refractivity contribution in [2.24, 2.45) is 0 Å². The molecule has 0 unspecified atom stereocenters. The molecule has 6 aromatic carbocycles. The van der Waals surface area contributed by atoms with Crippen LogP contribution in [0.25, 0.3) is 78.4 Å². The van der Waals surface area contributed by atoms with Crippen LogP contribution in [0.1, 0.15) is 0 Å². The predicted molar refractivity (Wildman–Crippen MR) is 187 cm³/mol. The van der Waals surface area contributed by atoms with Gasteiger partial charge in [0.1, 0.15) is 0 Å². The molecule has 0 saturated heterocycles. The van der Waals surface area contributed by atoms with Gasteiger partial charge in [-0.15, -0.1) is 0 Å². The summed E-state index contributed by atoms with van der Waals surface area (Å²) in [6.07, 6.45) is 0. The molecule has 46 heavy (non-hydrogen) atoms. The lowest BCUT2D eigenvalue weighted by molar-refractivity contribution is 1.07. The van der Waals surface area contributed by atoms with Gasteiger partial charge in [-0.25, -0.2) is 15.0 Å². The number of benzene rings is 6. The second-order valence-corrected chi connectivity index (χ2v) is 11.3. The van der Waals surface area contributed by atoms with Crippen molar-refractivity contribution in [2.45, 2.75) is 0 Å². The van der Waals surface area contributed by atoms with Gasteiger partial charge in [-0.1, -0.05) is 127 Å². The monoisotopic (exact) mass is 589 g/mol. The van der Waals surface area contributed by atoms with Crippen molar-refractivity contribution < 1.29 is 0 Å². The number of para-hydroxylation sites is 4. The first-order chi connectivity index (χ1) is 22.8. The van der Waals surface area contributed by atoms with Gasteiger partial charge in [-0.05, 0) is 36.4 Å². The fourth-order valence-corrected chi connectivity index (χ4v) is 6.57. The number of rotatable bonds is 5. The summed E-state index contributed by atoms with van der Waals surface area (Å²) in [7, 11) is 0. The maximum atomic E-state index is 5.14. The van der Waals surface area contributed by atoms with E-state index in [0.717, 1.165) is 55.5 Å². The highest BCUT2D eigenvalue weighted by Crippen LogP contribution is 2.43. The summed E-state index contributed by atoms with van der Waals surface area (Å²) < 4.78 is 4.77. The van der Waals surface area contributed by atoms with Crippen molar-refractivity contribution in [3.8, 4) is 45.5 Å². The highest BCUT2D eigenvalue weighted by molar-refractivity contribution is 6.22. The summed E-state index contributed by atoms with van der Waals surface area (Å²) in [4.78, 5) is 15.2. The molecule has 0 aliphatic carbocycles. The van der Waals surface area contributed by atoms with Crippen molar-refractivity contribution in [3.63, 3.8) is 0 Å². The molecule has 0 aliphatic rings. The fourth-order valence-electron chi connectivity index (χ4n) is 6.57. The molecular formula is C41H27N5. The van der Waals surface area contributed by atoms with Gasteiger partial charge in [0.2, 0.25) is 0 Å². The van der Waals surface area contributed by atoms with Gasteiger partial charge < -0.3 is 9.13 Å². The van der Waals surface area contributed by atoms with Crippen LogP contribution in [-0.4, -0.2) is 24.1 Å². The molecule has 3 heterocycles. The average molecular weight is 590 g/mol. The molecule has 9 aromatic rings. The Hall–Kier alpha value is -6.33. The summed E-state index contributed by atoms with van der Waals surface area (Å²) in [5.74, 6) is 1.91. The summed E-state index contributed by atoms with van der Waals surface area (Å²) in [6.45, 7) is 0. The van der Waals surface area contributed by atoms with Crippen LogP contribution in [0.15, 0.2) is 164 Å². The topological polar surface area (TPSA) is 48.5 Å². The van der Waals surface area contributed by atoms with Gasteiger partial charge >= 0.3 is 0 Å². The van der Waals surface area contributed by atoms with E-state index in [-0.39, 0.29) is 0 Å². The van der Waals surface area contributed by atoms with E-state index in [1.807, 2.05) is 60.7 Å². The molecule has 5 heteroatoms. The average Bonchev–Trinajstić information content (AvgIpc) is 3.66. The van der Waals surface area contributed by atoms with Crippen molar-refractivity contribution >= 4 is 32.8 Å². The van der Waals surface area contributed by atoms with Gasteiger partial charge in [0.15, 0.2) is 17.5 Å². The minimum absolute atomic E-state index is 0.631. The lowest BCUT2D eigenvalue weighted by atomic mass is 10.1. The molecule has 0 spiro atoms. The largest absolute Gasteiger partial charge is 0.307 e. The highest BCUT2D eigenvalue weighted by Gasteiger charge is 2.25. The number of nitrogens with zero attached hydrogens (tertiary/aromatic N) is 5. The van der Waals surface area contributed by atoms with Crippen LogP contribution in [-0.2, 0) is 0 Å². The van der Waals surface area contributed by atoms with E-state index in [4.69, 9.17) is 15.0 Å². The molecule has 0 N–H and O–H groups in total. The molecule has 216 valence electrons. The number of hydrogen-bond donors (Lipinski definition) is 0. The Morgan fingerprint density at radius 2 is 0.783 bits per heavy atom. The molecule has 3 aromatic heterocycles. The highest BCUT2D eigenvalue weighted by atomic mass is 15.1. The first kappa shape index (κ1) is 26.1. The van der Waals surface area contributed by atoms with Crippen LogP contribution in [0.2, 0.25) is 0 Å². The summed E-state index contributed by atoms with van der Waals surface area (Å²) in [6, 6.07) is 56.6. The molecule has 0 amide bonds. The smallest absolute Gasteiger partial charge is 0.166 e. The van der Waals surface area contributed by atoms with Crippen LogP contribution in [0.3, 0.4) is 0 Å². The Morgan fingerprint density at radius 1 is 0.326 bits per heavy atom. The van der Waals surface area contributed by atoms with Gasteiger partial charge in [0.05, 0.1) is 22.1 Å². The number of fused-ring (bicyclic) bond motifs is 5. The minimum atomic E-state index is 0.631. The third kappa shape index (κ3) is 4.14. The van der Waals surface area contributed by atoms with E-state index in [2.05, 4.69) is 112 Å². The van der Waals surface area contributed by atoms with Gasteiger partial charge in [0.25, 0.3) is 0 Å². The van der Waals surface area contributed by atoms with Crippen LogP contribution in [0.5, 0.6) is 0 Å². The van der Waals surface area contributed by atoms with Crippen LogP contribution >= 0.6 is 0 Å². The van der Waals surface area contributed by atoms with E-state index in [0.29, 0.717) is 17.5 Å². The number of hydrogen-bond acceptors (Lipinski definition) is 3. The zero-order valence-corrected chi connectivity index (χ0v) is 24.8. The Bertz CT molecular complexity index is 2440. The van der Waals surface area contributed by atoms with E-state index in [9.17, 15) is 0 Å². The summed E-state index contributed by atoms with van der Waals surface area (Å²) in [5.41, 5.74) is 9.53. The standard InChI is InChI=1S/C41H27N5/c1-5-16-28(17-6-1)39-42-40(29-18-7-2-8-19-29)44-41(43-39)34-26-15-25-33-36(34)46(31-22-11-4-12-23-31)37-32-24-13-14-27-35(32)45(38(33)37)30-20-9-3-10-21-30/h1-27H. The summed E-state index contributed by atoms with van der Waals surface area (Å²) in [5, 5.41) is 2.30. The Balaban J connectivity index is 1.44. The van der Waals surface area contributed by atoms with Crippen LogP contribution in [0.4, 0.5) is 0 Å². The first-order valence-corrected chi connectivity index (χ1v) is 15.4. The molecule has 0 atom stereocenters. The normalized spacial score (nSPS) is 11.5. The third-order valence-corrected chi connectivity index (χ3v) is 8.56. The first-order valence-electron chi connectivity index (χ1n) is 15.4. The maximum Gasteiger partial charge on any atom is 0.166 e. The van der Waals surface area contributed by atoms with E-state index >= 15 is 0 Å². The third-order valence-electron chi connectivity index (χ3n) is 8.56. The van der Waals surface area contributed by atoms with Gasteiger partial charge in [0, 0.05) is 38.8 Å². The molecule has 9 rings (SSSR count). The molecular weight excluding hydrogens is 562 g/mol. The Kier molecular flexibility index (Phi) is 6.06. The van der Waals surface area contributed by atoms with Crippen LogP contribution < -0.4 is 0 Å². The summed E-state index contributed by atoms with van der Waals surface area (Å²) >= 11 is 0. The SMILES string of the molecule is c1ccc(-c2nc(-c3ccccc3)nc(-c3cccc4c3n(-c3ccccc3)c3c5ccccc5n(-c5ccccc5)c43)n2)cc1. The van der Waals surface area contributed by atoms with Gasteiger partial charge in [-0.2, -0.15) is 0 Å². The lowest BCUT2D eigenvalue weighted by Crippen LogP contribution is -2.02. The number of aromatic nitrogens is 5. The second-order valence-electron chi connectivity index (χ2n) is 11.3. The van der Waals surface area contributed by atoms with Crippen molar-refractivity contribution in [1.29, 1.82) is 0 Å². The quantitative estimate of drug-likeness (QED) is 0.201.